The Morgan fingerprint density at radius 3 is 2.78 bits per heavy atom. The smallest absolute Gasteiger partial charge is 0.230 e. The summed E-state index contributed by atoms with van der Waals surface area (Å²) in [5.74, 6) is 0.950. The Morgan fingerprint density at radius 2 is 2.04 bits per heavy atom. The highest BCUT2D eigenvalue weighted by molar-refractivity contribution is 7.99. The van der Waals surface area contributed by atoms with E-state index in [1.54, 1.807) is 4.68 Å². The number of hydrogen-bond donors (Lipinski definition) is 1. The predicted molar refractivity (Wildman–Crippen MR) is 108 cm³/mol. The van der Waals surface area contributed by atoms with E-state index in [1.807, 2.05) is 12.1 Å². The van der Waals surface area contributed by atoms with Crippen molar-refractivity contribution in [3.05, 3.63) is 29.8 Å². The van der Waals surface area contributed by atoms with Crippen LogP contribution < -0.4 is 5.32 Å². The monoisotopic (exact) mass is 387 g/mol. The van der Waals surface area contributed by atoms with E-state index < -0.39 is 0 Å². The Balaban J connectivity index is 1.56. The van der Waals surface area contributed by atoms with Crippen LogP contribution in [0.15, 0.2) is 29.4 Å². The zero-order chi connectivity index (χ0) is 19.1. The van der Waals surface area contributed by atoms with Gasteiger partial charge in [0.1, 0.15) is 0 Å². The molecule has 7 heteroatoms. The lowest BCUT2D eigenvalue weighted by atomic mass is 9.86. The lowest BCUT2D eigenvalue weighted by Gasteiger charge is -2.29. The first-order valence-electron chi connectivity index (χ1n) is 9.97. The minimum Gasteiger partial charge on any atom is -0.352 e. The van der Waals surface area contributed by atoms with Crippen molar-refractivity contribution in [2.24, 2.45) is 5.92 Å². The van der Waals surface area contributed by atoms with Gasteiger partial charge in [0.2, 0.25) is 11.1 Å². The van der Waals surface area contributed by atoms with Gasteiger partial charge < -0.3 is 5.32 Å². The molecule has 0 aliphatic heterocycles. The third-order valence-corrected chi connectivity index (χ3v) is 6.15. The Bertz CT molecular complexity index is 730. The molecule has 1 aromatic carbocycles. The fraction of sp³-hybridized carbons (Fsp3) is 0.600. The number of hydrogen-bond acceptors (Lipinski definition) is 5. The van der Waals surface area contributed by atoms with Crippen LogP contribution >= 0.6 is 11.8 Å². The van der Waals surface area contributed by atoms with Crippen LogP contribution in [0.2, 0.25) is 0 Å². The highest BCUT2D eigenvalue weighted by Gasteiger charge is 2.23. The standard InChI is InChI=1S/C20H29N5OS/c1-3-4-8-16-10-12-17(13-11-16)25-20(22-23-24-25)27-14-19(26)21-18-9-6-5-7-15(18)2/h10-13,15,18H,3-9,14H2,1-2H3,(H,21,26). The predicted octanol–water partition coefficient (Wildman–Crippen LogP) is 3.79. The fourth-order valence-electron chi connectivity index (χ4n) is 3.52. The number of tetrazole rings is 1. The molecule has 0 bridgehead atoms. The summed E-state index contributed by atoms with van der Waals surface area (Å²) >= 11 is 1.38. The molecule has 1 aliphatic rings. The highest BCUT2D eigenvalue weighted by Crippen LogP contribution is 2.24. The van der Waals surface area contributed by atoms with Gasteiger partial charge in [-0.1, -0.05) is 57.0 Å². The quantitative estimate of drug-likeness (QED) is 0.698. The molecule has 27 heavy (non-hydrogen) atoms. The van der Waals surface area contributed by atoms with E-state index >= 15 is 0 Å². The fourth-order valence-corrected chi connectivity index (χ4v) is 4.23. The first-order valence-corrected chi connectivity index (χ1v) is 11.0. The molecule has 1 heterocycles. The highest BCUT2D eigenvalue weighted by atomic mass is 32.2. The van der Waals surface area contributed by atoms with Crippen molar-refractivity contribution in [3.63, 3.8) is 0 Å². The largest absolute Gasteiger partial charge is 0.352 e. The van der Waals surface area contributed by atoms with Crippen LogP contribution in [0.25, 0.3) is 5.69 Å². The summed E-state index contributed by atoms with van der Waals surface area (Å²) in [5.41, 5.74) is 2.24. The maximum atomic E-state index is 12.3. The first-order chi connectivity index (χ1) is 13.2. The summed E-state index contributed by atoms with van der Waals surface area (Å²) < 4.78 is 1.70. The number of unbranched alkanes of at least 4 members (excludes halogenated alkanes) is 1. The number of aryl methyl sites for hydroxylation is 1. The number of carbonyl (C=O) groups is 1. The SMILES string of the molecule is CCCCc1ccc(-n2nnnc2SCC(=O)NC2CCCCC2C)cc1. The van der Waals surface area contributed by atoms with Crippen molar-refractivity contribution in [1.82, 2.24) is 25.5 Å². The van der Waals surface area contributed by atoms with Gasteiger partial charge in [-0.05, 0) is 59.7 Å². The second kappa shape index (κ2) is 9.88. The third-order valence-electron chi connectivity index (χ3n) is 5.23. The molecule has 2 unspecified atom stereocenters. The van der Waals surface area contributed by atoms with Crippen LogP contribution in [0.1, 0.15) is 57.9 Å². The molecular formula is C20H29N5OS. The Hall–Kier alpha value is -1.89. The van der Waals surface area contributed by atoms with Crippen molar-refractivity contribution >= 4 is 17.7 Å². The number of carbonyl (C=O) groups excluding carboxylic acids is 1. The summed E-state index contributed by atoms with van der Waals surface area (Å²) in [5, 5.41) is 15.8. The molecule has 3 rings (SSSR count). The van der Waals surface area contributed by atoms with E-state index in [2.05, 4.69) is 46.8 Å². The van der Waals surface area contributed by atoms with E-state index in [9.17, 15) is 4.79 Å². The van der Waals surface area contributed by atoms with Gasteiger partial charge in [0.25, 0.3) is 0 Å². The molecule has 2 atom stereocenters. The molecule has 1 aromatic heterocycles. The van der Waals surface area contributed by atoms with Crippen molar-refractivity contribution in [2.45, 2.75) is 70.0 Å². The van der Waals surface area contributed by atoms with Gasteiger partial charge in [0.05, 0.1) is 11.4 Å². The van der Waals surface area contributed by atoms with Crippen molar-refractivity contribution in [2.75, 3.05) is 5.75 Å². The maximum absolute atomic E-state index is 12.3. The van der Waals surface area contributed by atoms with E-state index in [0.29, 0.717) is 22.9 Å². The Kier molecular flexibility index (Phi) is 7.26. The van der Waals surface area contributed by atoms with Crippen LogP contribution in [-0.4, -0.2) is 37.9 Å². The number of nitrogens with one attached hydrogen (secondary N) is 1. The summed E-state index contributed by atoms with van der Waals surface area (Å²) in [6.07, 6.45) is 8.23. The molecule has 6 nitrogen and oxygen atoms in total. The second-order valence-corrected chi connectivity index (χ2v) is 8.31. The van der Waals surface area contributed by atoms with Gasteiger partial charge in [-0.25, -0.2) is 0 Å². The number of rotatable bonds is 8. The first kappa shape index (κ1) is 19.9. The number of benzene rings is 1. The lowest BCUT2D eigenvalue weighted by molar-refractivity contribution is -0.119. The summed E-state index contributed by atoms with van der Waals surface area (Å²) in [4.78, 5) is 12.3. The van der Waals surface area contributed by atoms with E-state index in [1.165, 1.54) is 49.4 Å². The zero-order valence-corrected chi connectivity index (χ0v) is 17.0. The van der Waals surface area contributed by atoms with Gasteiger partial charge in [-0.15, -0.1) is 5.10 Å². The molecule has 0 spiro atoms. The Morgan fingerprint density at radius 1 is 1.26 bits per heavy atom. The number of amides is 1. The molecule has 146 valence electrons. The molecule has 1 fully saturated rings. The minimum absolute atomic E-state index is 0.0585. The van der Waals surface area contributed by atoms with E-state index in [4.69, 9.17) is 0 Å². The van der Waals surface area contributed by atoms with Crippen LogP contribution in [-0.2, 0) is 11.2 Å². The average molecular weight is 388 g/mol. The van der Waals surface area contributed by atoms with Crippen LogP contribution in [0.5, 0.6) is 0 Å². The number of nitrogens with zero attached hydrogens (tertiary/aromatic N) is 4. The van der Waals surface area contributed by atoms with Gasteiger partial charge in [0, 0.05) is 6.04 Å². The van der Waals surface area contributed by atoms with Crippen LogP contribution in [0.4, 0.5) is 0 Å². The minimum atomic E-state index is 0.0585. The molecule has 1 amide bonds. The van der Waals surface area contributed by atoms with Crippen molar-refractivity contribution < 1.29 is 4.79 Å². The number of aromatic nitrogens is 4. The molecule has 0 radical (unpaired) electrons. The average Bonchev–Trinajstić information content (AvgIpc) is 3.15. The van der Waals surface area contributed by atoms with Gasteiger partial charge in [0.15, 0.2) is 0 Å². The molecular weight excluding hydrogens is 358 g/mol. The molecule has 1 N–H and O–H groups in total. The molecule has 1 aliphatic carbocycles. The van der Waals surface area contributed by atoms with Crippen molar-refractivity contribution in [3.8, 4) is 5.69 Å². The number of thioether (sulfide) groups is 1. The summed E-state index contributed by atoms with van der Waals surface area (Å²) in [7, 11) is 0. The maximum Gasteiger partial charge on any atom is 0.230 e. The normalized spacial score (nSPS) is 19.8. The van der Waals surface area contributed by atoms with Gasteiger partial charge in [-0.2, -0.15) is 4.68 Å². The lowest BCUT2D eigenvalue weighted by Crippen LogP contribution is -2.41. The molecule has 0 saturated heterocycles. The van der Waals surface area contributed by atoms with Crippen LogP contribution in [0.3, 0.4) is 0 Å². The van der Waals surface area contributed by atoms with E-state index in [-0.39, 0.29) is 5.91 Å². The van der Waals surface area contributed by atoms with E-state index in [0.717, 1.165) is 18.5 Å². The van der Waals surface area contributed by atoms with Crippen molar-refractivity contribution in [1.29, 1.82) is 0 Å². The topological polar surface area (TPSA) is 72.7 Å². The molecule has 2 aromatic rings. The third kappa shape index (κ3) is 5.54. The summed E-state index contributed by atoms with van der Waals surface area (Å²) in [6.45, 7) is 4.42. The van der Waals surface area contributed by atoms with Crippen LogP contribution in [0, 0.1) is 5.92 Å². The summed E-state index contributed by atoms with van der Waals surface area (Å²) in [6, 6.07) is 8.62. The second-order valence-electron chi connectivity index (χ2n) is 7.37. The zero-order valence-electron chi connectivity index (χ0n) is 16.2. The molecule has 1 saturated carbocycles. The van der Waals surface area contributed by atoms with Gasteiger partial charge in [-0.3, -0.25) is 4.79 Å². The Labute approximate surface area is 165 Å². The van der Waals surface area contributed by atoms with Gasteiger partial charge >= 0.3 is 0 Å².